The van der Waals surface area contributed by atoms with E-state index in [2.05, 4.69) is 10.6 Å². The molecule has 0 saturated carbocycles. The maximum atomic E-state index is 12.8. The third-order valence-electron chi connectivity index (χ3n) is 4.49. The van der Waals surface area contributed by atoms with Gasteiger partial charge in [0.15, 0.2) is 5.78 Å². The van der Waals surface area contributed by atoms with Gasteiger partial charge < -0.3 is 15.5 Å². The highest BCUT2D eigenvalue weighted by Crippen LogP contribution is 2.13. The second kappa shape index (κ2) is 12.8. The molecule has 0 bridgehead atoms. The predicted molar refractivity (Wildman–Crippen MR) is 114 cm³/mol. The van der Waals surface area contributed by atoms with Crippen molar-refractivity contribution in [2.45, 2.75) is 58.4 Å². The molecule has 0 aliphatic heterocycles. The van der Waals surface area contributed by atoms with Crippen molar-refractivity contribution in [3.8, 4) is 0 Å². The number of nitrogens with zero attached hydrogens (tertiary/aromatic N) is 1. The predicted octanol–water partition coefficient (Wildman–Crippen LogP) is 2.80. The first-order valence-corrected chi connectivity index (χ1v) is 10.1. The van der Waals surface area contributed by atoms with Crippen molar-refractivity contribution < 1.29 is 19.2 Å². The van der Waals surface area contributed by atoms with E-state index in [0.29, 0.717) is 30.5 Å². The number of benzene rings is 1. The molecule has 2 amide bonds. The Morgan fingerprint density at radius 1 is 1.07 bits per heavy atom. The summed E-state index contributed by atoms with van der Waals surface area (Å²) in [5.41, 5.74) is 1.03. The van der Waals surface area contributed by atoms with Crippen LogP contribution in [0, 0.1) is 0 Å². The Bertz CT molecular complexity index is 716. The molecule has 0 aliphatic rings. The van der Waals surface area contributed by atoms with Crippen molar-refractivity contribution in [3.05, 3.63) is 29.8 Å². The summed E-state index contributed by atoms with van der Waals surface area (Å²) in [5.74, 6) is -0.390. The summed E-state index contributed by atoms with van der Waals surface area (Å²) in [5, 5.41) is 5.58. The van der Waals surface area contributed by atoms with Crippen LogP contribution in [-0.2, 0) is 14.4 Å². The van der Waals surface area contributed by atoms with Gasteiger partial charge in [0.25, 0.3) is 0 Å². The second-order valence-electron chi connectivity index (χ2n) is 7.48. The number of likely N-dealkylation sites (N-methyl/N-ethyl adjacent to an activating group) is 1. The monoisotopic (exact) mass is 403 g/mol. The number of amides is 2. The molecule has 2 N–H and O–H groups in total. The van der Waals surface area contributed by atoms with Gasteiger partial charge in [0.05, 0.1) is 6.54 Å². The normalized spacial score (nSPS) is 11.8. The maximum absolute atomic E-state index is 12.8. The quantitative estimate of drug-likeness (QED) is 0.390. The zero-order valence-electron chi connectivity index (χ0n) is 17.9. The van der Waals surface area contributed by atoms with Crippen LogP contribution in [0.15, 0.2) is 24.3 Å². The Morgan fingerprint density at radius 2 is 1.79 bits per heavy atom. The van der Waals surface area contributed by atoms with Crippen molar-refractivity contribution in [1.82, 2.24) is 10.2 Å². The second-order valence-corrected chi connectivity index (χ2v) is 7.48. The molecule has 1 rings (SSSR count). The van der Waals surface area contributed by atoms with Gasteiger partial charge in [0.2, 0.25) is 11.8 Å². The molecule has 7 heteroatoms. The number of unbranched alkanes of at least 4 members (excludes halogenated alkanes) is 2. The van der Waals surface area contributed by atoms with Gasteiger partial charge >= 0.3 is 0 Å². The van der Waals surface area contributed by atoms with Gasteiger partial charge in [-0.15, -0.1) is 0 Å². The van der Waals surface area contributed by atoms with Crippen LogP contribution < -0.4 is 10.6 Å². The van der Waals surface area contributed by atoms with Crippen molar-refractivity contribution in [1.29, 1.82) is 0 Å². The molecule has 1 aromatic carbocycles. The van der Waals surface area contributed by atoms with E-state index in [1.54, 1.807) is 43.3 Å². The van der Waals surface area contributed by atoms with Gasteiger partial charge in [-0.1, -0.05) is 31.9 Å². The van der Waals surface area contributed by atoms with Crippen LogP contribution in [0.2, 0.25) is 0 Å². The molecule has 0 saturated heterocycles. The standard InChI is InChI=1S/C22H33N3O4/c1-5-19(27)12-7-6-8-13-20(24-21(28)15-25(3)4)22(29)23-18-11-9-10-17(14-18)16(2)26/h9-11,14,20H,5-8,12-13,15H2,1-4H3,(H,23,29)(H,24,28)/t20-/m0/s1. The zero-order chi connectivity index (χ0) is 21.8. The molecule has 0 aliphatic carbocycles. The Hall–Kier alpha value is -2.54. The highest BCUT2D eigenvalue weighted by molar-refractivity contribution is 5.99. The Labute approximate surface area is 173 Å². The minimum absolute atomic E-state index is 0.0847. The summed E-state index contributed by atoms with van der Waals surface area (Å²) in [6.07, 6.45) is 3.91. The average molecular weight is 404 g/mol. The van der Waals surface area contributed by atoms with Gasteiger partial charge in [-0.25, -0.2) is 0 Å². The van der Waals surface area contributed by atoms with Crippen molar-refractivity contribution in [2.75, 3.05) is 26.0 Å². The van der Waals surface area contributed by atoms with E-state index in [4.69, 9.17) is 0 Å². The lowest BCUT2D eigenvalue weighted by Crippen LogP contribution is -2.46. The molecule has 1 atom stereocenters. The summed E-state index contributed by atoms with van der Waals surface area (Å²) in [6, 6.07) is 6.04. The molecular weight excluding hydrogens is 370 g/mol. The third kappa shape index (κ3) is 9.99. The molecule has 0 aromatic heterocycles. The Morgan fingerprint density at radius 3 is 2.41 bits per heavy atom. The number of anilines is 1. The number of hydrogen-bond acceptors (Lipinski definition) is 5. The van der Waals surface area contributed by atoms with Crippen LogP contribution >= 0.6 is 0 Å². The Kier molecular flexibility index (Phi) is 10.8. The number of hydrogen-bond donors (Lipinski definition) is 2. The van der Waals surface area contributed by atoms with Gasteiger partial charge in [0.1, 0.15) is 11.8 Å². The SMILES string of the molecule is CCC(=O)CCCCC[C@H](NC(=O)CN(C)C)C(=O)Nc1cccc(C(C)=O)c1. The van der Waals surface area contributed by atoms with Crippen molar-refractivity contribution >= 4 is 29.1 Å². The van der Waals surface area contributed by atoms with Gasteiger partial charge in [-0.3, -0.25) is 19.2 Å². The first-order valence-electron chi connectivity index (χ1n) is 10.1. The molecule has 7 nitrogen and oxygen atoms in total. The number of carbonyl (C=O) groups is 4. The van der Waals surface area contributed by atoms with Crippen LogP contribution in [0.5, 0.6) is 0 Å². The minimum Gasteiger partial charge on any atom is -0.343 e. The van der Waals surface area contributed by atoms with E-state index < -0.39 is 6.04 Å². The summed E-state index contributed by atoms with van der Waals surface area (Å²) in [4.78, 5) is 49.6. The Balaban J connectivity index is 2.71. The molecule has 1 aromatic rings. The molecule has 0 radical (unpaired) electrons. The molecule has 29 heavy (non-hydrogen) atoms. The third-order valence-corrected chi connectivity index (χ3v) is 4.49. The van der Waals surface area contributed by atoms with E-state index in [1.807, 2.05) is 6.92 Å². The molecule has 0 fully saturated rings. The summed E-state index contributed by atoms with van der Waals surface area (Å²) in [6.45, 7) is 3.51. The molecular formula is C22H33N3O4. The highest BCUT2D eigenvalue weighted by atomic mass is 16.2. The lowest BCUT2D eigenvalue weighted by molar-refractivity contribution is -0.127. The van der Waals surface area contributed by atoms with Gasteiger partial charge in [0, 0.05) is 24.1 Å². The molecule has 0 unspecified atom stereocenters. The maximum Gasteiger partial charge on any atom is 0.246 e. The average Bonchev–Trinajstić information content (AvgIpc) is 2.66. The molecule has 160 valence electrons. The zero-order valence-corrected chi connectivity index (χ0v) is 17.9. The van der Waals surface area contributed by atoms with E-state index in [-0.39, 0.29) is 29.9 Å². The fourth-order valence-electron chi connectivity index (χ4n) is 2.87. The molecule has 0 heterocycles. The van der Waals surface area contributed by atoms with Crippen molar-refractivity contribution in [3.63, 3.8) is 0 Å². The van der Waals surface area contributed by atoms with E-state index >= 15 is 0 Å². The van der Waals surface area contributed by atoms with Crippen LogP contribution in [0.3, 0.4) is 0 Å². The largest absolute Gasteiger partial charge is 0.343 e. The number of rotatable bonds is 13. The first kappa shape index (κ1) is 24.5. The van der Waals surface area contributed by atoms with Crippen LogP contribution in [-0.4, -0.2) is 55.0 Å². The first-order chi connectivity index (χ1) is 13.7. The number of carbonyl (C=O) groups excluding carboxylic acids is 4. The summed E-state index contributed by atoms with van der Waals surface area (Å²) in [7, 11) is 3.57. The van der Waals surface area contributed by atoms with E-state index in [9.17, 15) is 19.2 Å². The van der Waals surface area contributed by atoms with Gasteiger partial charge in [-0.05, 0) is 46.0 Å². The lowest BCUT2D eigenvalue weighted by atomic mass is 10.0. The lowest BCUT2D eigenvalue weighted by Gasteiger charge is -2.20. The fraction of sp³-hybridized carbons (Fsp3) is 0.545. The van der Waals surface area contributed by atoms with Crippen LogP contribution in [0.25, 0.3) is 0 Å². The topological polar surface area (TPSA) is 95.6 Å². The van der Waals surface area contributed by atoms with Crippen molar-refractivity contribution in [2.24, 2.45) is 0 Å². The van der Waals surface area contributed by atoms with E-state index in [0.717, 1.165) is 19.3 Å². The number of ketones is 2. The number of nitrogens with one attached hydrogen (secondary N) is 2. The summed E-state index contributed by atoms with van der Waals surface area (Å²) >= 11 is 0. The number of Topliss-reactive ketones (excluding diaryl/α,β-unsaturated/α-hetero) is 2. The fourth-order valence-corrected chi connectivity index (χ4v) is 2.87. The van der Waals surface area contributed by atoms with Crippen LogP contribution in [0.1, 0.15) is 62.7 Å². The molecule has 0 spiro atoms. The highest BCUT2D eigenvalue weighted by Gasteiger charge is 2.21. The smallest absolute Gasteiger partial charge is 0.246 e. The summed E-state index contributed by atoms with van der Waals surface area (Å²) < 4.78 is 0. The van der Waals surface area contributed by atoms with Crippen LogP contribution in [0.4, 0.5) is 5.69 Å². The van der Waals surface area contributed by atoms with Gasteiger partial charge in [-0.2, -0.15) is 0 Å². The van der Waals surface area contributed by atoms with E-state index in [1.165, 1.54) is 6.92 Å². The minimum atomic E-state index is -0.676.